The van der Waals surface area contributed by atoms with Gasteiger partial charge < -0.3 is 10.0 Å². The lowest BCUT2D eigenvalue weighted by Gasteiger charge is -2.29. The van der Waals surface area contributed by atoms with Crippen LogP contribution in [0.2, 0.25) is 0 Å². The monoisotopic (exact) mass is 248 g/mol. The van der Waals surface area contributed by atoms with Crippen LogP contribution in [0.1, 0.15) is 49.0 Å². The Morgan fingerprint density at radius 3 is 2.44 bits per heavy atom. The Bertz CT molecular complexity index is 395. The van der Waals surface area contributed by atoms with Gasteiger partial charge in [0.25, 0.3) is 0 Å². The Labute approximate surface area is 108 Å². The molecule has 1 fully saturated rings. The van der Waals surface area contributed by atoms with Crippen LogP contribution in [0.4, 0.5) is 5.69 Å². The molecule has 0 radical (unpaired) electrons. The van der Waals surface area contributed by atoms with Gasteiger partial charge in [-0.3, -0.25) is 0 Å². The van der Waals surface area contributed by atoms with Gasteiger partial charge in [-0.1, -0.05) is 25.7 Å². The zero-order valence-corrected chi connectivity index (χ0v) is 10.8. The predicted molar refractivity (Wildman–Crippen MR) is 71.1 cm³/mol. The van der Waals surface area contributed by atoms with Crippen molar-refractivity contribution in [2.75, 3.05) is 11.9 Å². The lowest BCUT2D eigenvalue weighted by Crippen LogP contribution is -2.31. The third-order valence-electron chi connectivity index (χ3n) is 3.75. The van der Waals surface area contributed by atoms with Gasteiger partial charge >= 0.3 is 5.97 Å². The van der Waals surface area contributed by atoms with Gasteiger partial charge in [-0.15, -0.1) is 0 Å². The van der Waals surface area contributed by atoms with E-state index in [0.717, 1.165) is 5.69 Å². The summed E-state index contributed by atoms with van der Waals surface area (Å²) in [6.07, 6.45) is 9.34. The summed E-state index contributed by atoms with van der Waals surface area (Å²) >= 11 is 0. The molecule has 0 bridgehead atoms. The van der Waals surface area contributed by atoms with E-state index in [0.29, 0.717) is 6.04 Å². The molecule has 1 heterocycles. The Morgan fingerprint density at radius 2 is 1.94 bits per heavy atom. The van der Waals surface area contributed by atoms with E-state index in [1.807, 2.05) is 6.07 Å². The van der Waals surface area contributed by atoms with E-state index < -0.39 is 5.97 Å². The average Bonchev–Trinajstić information content (AvgIpc) is 2.67. The summed E-state index contributed by atoms with van der Waals surface area (Å²) in [6, 6.07) is 3.98. The van der Waals surface area contributed by atoms with Crippen molar-refractivity contribution in [1.29, 1.82) is 0 Å². The minimum Gasteiger partial charge on any atom is -0.477 e. The summed E-state index contributed by atoms with van der Waals surface area (Å²) in [5, 5.41) is 8.82. The highest BCUT2D eigenvalue weighted by Crippen LogP contribution is 2.24. The largest absolute Gasteiger partial charge is 0.477 e. The molecule has 0 aliphatic heterocycles. The standard InChI is InChI=1S/C14H20N2O2/c1-16(11-6-4-2-3-5-7-11)12-8-9-13(14(17)18)15-10-12/h8-11H,2-7H2,1H3,(H,17,18). The SMILES string of the molecule is CN(c1ccc(C(=O)O)nc1)C1CCCCCC1. The molecule has 0 aromatic carbocycles. The number of carboxylic acid groups (broad SMARTS) is 1. The second-order valence-corrected chi connectivity index (χ2v) is 4.96. The lowest BCUT2D eigenvalue weighted by atomic mass is 10.1. The second kappa shape index (κ2) is 5.85. The molecule has 0 spiro atoms. The number of nitrogens with zero attached hydrogens (tertiary/aromatic N) is 2. The van der Waals surface area contributed by atoms with Crippen molar-refractivity contribution in [2.24, 2.45) is 0 Å². The van der Waals surface area contributed by atoms with Crippen molar-refractivity contribution in [3.05, 3.63) is 24.0 Å². The molecular weight excluding hydrogens is 228 g/mol. The van der Waals surface area contributed by atoms with Crippen LogP contribution < -0.4 is 4.90 Å². The van der Waals surface area contributed by atoms with Gasteiger partial charge in [0, 0.05) is 13.1 Å². The maximum absolute atomic E-state index is 10.8. The first-order valence-corrected chi connectivity index (χ1v) is 6.60. The maximum atomic E-state index is 10.8. The van der Waals surface area contributed by atoms with Crippen molar-refractivity contribution in [2.45, 2.75) is 44.6 Å². The van der Waals surface area contributed by atoms with Gasteiger partial charge in [0.1, 0.15) is 5.69 Å². The van der Waals surface area contributed by atoms with E-state index in [4.69, 9.17) is 5.11 Å². The molecule has 1 aromatic rings. The minimum atomic E-state index is -0.973. The highest BCUT2D eigenvalue weighted by atomic mass is 16.4. The van der Waals surface area contributed by atoms with Gasteiger partial charge in [0.05, 0.1) is 11.9 Å². The molecule has 1 aliphatic rings. The van der Waals surface area contributed by atoms with Gasteiger partial charge in [0.15, 0.2) is 0 Å². The van der Waals surface area contributed by atoms with E-state index in [-0.39, 0.29) is 5.69 Å². The molecule has 1 N–H and O–H groups in total. The molecule has 0 saturated heterocycles. The summed E-state index contributed by atoms with van der Waals surface area (Å²) < 4.78 is 0. The van der Waals surface area contributed by atoms with Crippen LogP contribution in [0.25, 0.3) is 0 Å². The summed E-state index contributed by atoms with van der Waals surface area (Å²) in [4.78, 5) is 17.0. The summed E-state index contributed by atoms with van der Waals surface area (Å²) in [5.74, 6) is -0.973. The Kier molecular flexibility index (Phi) is 4.18. The van der Waals surface area contributed by atoms with E-state index in [1.165, 1.54) is 38.5 Å². The number of aromatic carboxylic acids is 1. The van der Waals surface area contributed by atoms with Crippen LogP contribution in [0.5, 0.6) is 0 Å². The van der Waals surface area contributed by atoms with E-state index >= 15 is 0 Å². The number of hydrogen-bond acceptors (Lipinski definition) is 3. The van der Waals surface area contributed by atoms with Gasteiger partial charge in [0.2, 0.25) is 0 Å². The first-order valence-electron chi connectivity index (χ1n) is 6.60. The van der Waals surface area contributed by atoms with Crippen molar-refractivity contribution in [3.63, 3.8) is 0 Å². The van der Waals surface area contributed by atoms with E-state index in [2.05, 4.69) is 16.9 Å². The Morgan fingerprint density at radius 1 is 1.28 bits per heavy atom. The number of carboxylic acids is 1. The molecule has 2 rings (SSSR count). The number of carbonyl (C=O) groups is 1. The fraction of sp³-hybridized carbons (Fsp3) is 0.571. The summed E-state index contributed by atoms with van der Waals surface area (Å²) in [5.41, 5.74) is 1.11. The van der Waals surface area contributed by atoms with E-state index in [1.54, 1.807) is 12.3 Å². The highest BCUT2D eigenvalue weighted by Gasteiger charge is 2.17. The Hall–Kier alpha value is -1.58. The number of pyridine rings is 1. The fourth-order valence-electron chi connectivity index (χ4n) is 2.58. The topological polar surface area (TPSA) is 53.4 Å². The quantitative estimate of drug-likeness (QED) is 0.836. The van der Waals surface area contributed by atoms with Gasteiger partial charge in [-0.2, -0.15) is 0 Å². The van der Waals surface area contributed by atoms with Crippen molar-refractivity contribution in [3.8, 4) is 0 Å². The molecule has 0 unspecified atom stereocenters. The molecule has 1 saturated carbocycles. The third kappa shape index (κ3) is 3.00. The number of aromatic nitrogens is 1. The van der Waals surface area contributed by atoms with Crippen molar-refractivity contribution < 1.29 is 9.90 Å². The molecule has 98 valence electrons. The fourth-order valence-corrected chi connectivity index (χ4v) is 2.58. The number of anilines is 1. The summed E-state index contributed by atoms with van der Waals surface area (Å²) in [7, 11) is 2.08. The molecule has 1 aromatic heterocycles. The number of hydrogen-bond donors (Lipinski definition) is 1. The second-order valence-electron chi connectivity index (χ2n) is 4.96. The predicted octanol–water partition coefficient (Wildman–Crippen LogP) is 2.94. The number of rotatable bonds is 3. The van der Waals surface area contributed by atoms with Crippen LogP contribution in [-0.2, 0) is 0 Å². The van der Waals surface area contributed by atoms with Crippen molar-refractivity contribution in [1.82, 2.24) is 4.98 Å². The molecule has 0 atom stereocenters. The molecule has 4 nitrogen and oxygen atoms in total. The first kappa shape index (κ1) is 12.9. The normalized spacial score (nSPS) is 17.2. The molecule has 18 heavy (non-hydrogen) atoms. The van der Waals surface area contributed by atoms with Gasteiger partial charge in [-0.05, 0) is 25.0 Å². The van der Waals surface area contributed by atoms with Crippen LogP contribution in [-0.4, -0.2) is 29.1 Å². The smallest absolute Gasteiger partial charge is 0.354 e. The average molecular weight is 248 g/mol. The van der Waals surface area contributed by atoms with Crippen LogP contribution >= 0.6 is 0 Å². The third-order valence-corrected chi connectivity index (χ3v) is 3.75. The summed E-state index contributed by atoms with van der Waals surface area (Å²) in [6.45, 7) is 0. The zero-order chi connectivity index (χ0) is 13.0. The minimum absolute atomic E-state index is 0.105. The maximum Gasteiger partial charge on any atom is 0.354 e. The highest BCUT2D eigenvalue weighted by molar-refractivity contribution is 5.85. The first-order chi connectivity index (χ1) is 8.68. The zero-order valence-electron chi connectivity index (χ0n) is 10.8. The van der Waals surface area contributed by atoms with Gasteiger partial charge in [-0.25, -0.2) is 9.78 Å². The molecular formula is C14H20N2O2. The van der Waals surface area contributed by atoms with Crippen molar-refractivity contribution >= 4 is 11.7 Å². The van der Waals surface area contributed by atoms with E-state index in [9.17, 15) is 4.79 Å². The lowest BCUT2D eigenvalue weighted by molar-refractivity contribution is 0.0690. The Balaban J connectivity index is 2.07. The van der Waals surface area contributed by atoms with Crippen LogP contribution in [0.15, 0.2) is 18.3 Å². The molecule has 4 heteroatoms. The molecule has 0 amide bonds. The molecule has 1 aliphatic carbocycles. The van der Waals surface area contributed by atoms with Crippen LogP contribution in [0.3, 0.4) is 0 Å². The van der Waals surface area contributed by atoms with Crippen LogP contribution in [0, 0.1) is 0 Å².